The van der Waals surface area contributed by atoms with E-state index < -0.39 is 0 Å². The van der Waals surface area contributed by atoms with Crippen LogP contribution in [0.4, 0.5) is 5.69 Å². The third-order valence-corrected chi connectivity index (χ3v) is 6.22. The van der Waals surface area contributed by atoms with Crippen LogP contribution < -0.4 is 5.32 Å². The number of nitrogens with one attached hydrogen (secondary N) is 1. The molecule has 0 radical (unpaired) electrons. The van der Waals surface area contributed by atoms with E-state index in [0.717, 1.165) is 53.1 Å². The van der Waals surface area contributed by atoms with E-state index in [2.05, 4.69) is 17.2 Å². The van der Waals surface area contributed by atoms with Crippen molar-refractivity contribution in [1.82, 2.24) is 19.5 Å². The number of carbonyl (C=O) groups is 2. The van der Waals surface area contributed by atoms with Crippen LogP contribution in [0.2, 0.25) is 0 Å². The molecule has 0 saturated carbocycles. The maximum Gasteiger partial charge on any atom is 0.256 e. The monoisotopic (exact) mass is 419 g/mol. The van der Waals surface area contributed by atoms with E-state index in [1.165, 1.54) is 6.92 Å². The molecular weight excluding hydrogens is 390 g/mol. The average Bonchev–Trinajstić information content (AvgIpc) is 3.16. The Morgan fingerprint density at radius 2 is 1.87 bits per heavy atom. The SMILES string of the molecule is CC(=O)Nc1ccc(C)cc1C(=O)N1CCCCC1c1cc2nc(C)c(C)c(C)n2n1. The Hall–Kier alpha value is -3.22. The zero-order valence-electron chi connectivity index (χ0n) is 18.8. The van der Waals surface area contributed by atoms with E-state index in [9.17, 15) is 9.59 Å². The number of rotatable bonds is 3. The minimum Gasteiger partial charge on any atom is -0.330 e. The summed E-state index contributed by atoms with van der Waals surface area (Å²) in [5.41, 5.74) is 6.90. The minimum atomic E-state index is -0.194. The number of aromatic nitrogens is 3. The first-order chi connectivity index (χ1) is 14.8. The van der Waals surface area contributed by atoms with Gasteiger partial charge in [-0.2, -0.15) is 5.10 Å². The largest absolute Gasteiger partial charge is 0.330 e. The van der Waals surface area contributed by atoms with Crippen LogP contribution in [0.3, 0.4) is 0 Å². The number of likely N-dealkylation sites (tertiary alicyclic amines) is 1. The molecule has 162 valence electrons. The Morgan fingerprint density at radius 3 is 2.61 bits per heavy atom. The Kier molecular flexibility index (Phi) is 5.52. The highest BCUT2D eigenvalue weighted by atomic mass is 16.2. The molecule has 2 amide bonds. The normalized spacial score (nSPS) is 16.5. The lowest BCUT2D eigenvalue weighted by molar-refractivity contribution is -0.114. The van der Waals surface area contributed by atoms with Crippen LogP contribution in [-0.2, 0) is 4.79 Å². The third kappa shape index (κ3) is 3.92. The lowest BCUT2D eigenvalue weighted by atomic mass is 9.97. The van der Waals surface area contributed by atoms with Gasteiger partial charge in [0.15, 0.2) is 5.65 Å². The van der Waals surface area contributed by atoms with Gasteiger partial charge in [0, 0.05) is 30.9 Å². The molecule has 1 fully saturated rings. The van der Waals surface area contributed by atoms with Crippen LogP contribution >= 0.6 is 0 Å². The molecule has 4 rings (SSSR count). The molecule has 0 bridgehead atoms. The van der Waals surface area contributed by atoms with Crippen LogP contribution in [0, 0.1) is 27.7 Å². The van der Waals surface area contributed by atoms with Crippen molar-refractivity contribution in [2.45, 2.75) is 59.9 Å². The molecule has 1 unspecified atom stereocenters. The number of aryl methyl sites for hydroxylation is 3. The molecule has 0 aliphatic carbocycles. The van der Waals surface area contributed by atoms with Gasteiger partial charge in [0.1, 0.15) is 0 Å². The second-order valence-corrected chi connectivity index (χ2v) is 8.49. The van der Waals surface area contributed by atoms with Gasteiger partial charge in [-0.25, -0.2) is 9.50 Å². The molecule has 1 N–H and O–H groups in total. The van der Waals surface area contributed by atoms with Gasteiger partial charge in [0.05, 0.1) is 23.0 Å². The van der Waals surface area contributed by atoms with Crippen molar-refractivity contribution in [3.05, 3.63) is 58.0 Å². The molecule has 1 aliphatic rings. The average molecular weight is 420 g/mol. The molecule has 1 atom stereocenters. The fourth-order valence-electron chi connectivity index (χ4n) is 4.33. The first-order valence-corrected chi connectivity index (χ1v) is 10.8. The molecule has 0 spiro atoms. The van der Waals surface area contributed by atoms with E-state index in [0.29, 0.717) is 17.8 Å². The van der Waals surface area contributed by atoms with Crippen molar-refractivity contribution in [3.63, 3.8) is 0 Å². The molecule has 7 nitrogen and oxygen atoms in total. The van der Waals surface area contributed by atoms with Crippen molar-refractivity contribution in [2.24, 2.45) is 0 Å². The van der Waals surface area contributed by atoms with Gasteiger partial charge in [-0.1, -0.05) is 11.6 Å². The number of anilines is 1. The highest BCUT2D eigenvalue weighted by Gasteiger charge is 2.32. The quantitative estimate of drug-likeness (QED) is 0.687. The number of hydrogen-bond donors (Lipinski definition) is 1. The molecule has 1 saturated heterocycles. The maximum atomic E-state index is 13.7. The topological polar surface area (TPSA) is 79.6 Å². The van der Waals surface area contributed by atoms with Crippen LogP contribution in [-0.4, -0.2) is 37.9 Å². The molecule has 3 heterocycles. The minimum absolute atomic E-state index is 0.0775. The highest BCUT2D eigenvalue weighted by Crippen LogP contribution is 2.33. The van der Waals surface area contributed by atoms with Crippen LogP contribution in [0.1, 0.15) is 70.8 Å². The third-order valence-electron chi connectivity index (χ3n) is 6.22. The number of hydrogen-bond acceptors (Lipinski definition) is 4. The number of piperidine rings is 1. The van der Waals surface area contributed by atoms with Crippen LogP contribution in [0.15, 0.2) is 24.3 Å². The van der Waals surface area contributed by atoms with E-state index >= 15 is 0 Å². The first-order valence-electron chi connectivity index (χ1n) is 10.8. The van der Waals surface area contributed by atoms with Gasteiger partial charge in [0.2, 0.25) is 5.91 Å². The summed E-state index contributed by atoms with van der Waals surface area (Å²) >= 11 is 0. The molecule has 31 heavy (non-hydrogen) atoms. The van der Waals surface area contributed by atoms with Gasteiger partial charge < -0.3 is 10.2 Å². The second kappa shape index (κ2) is 8.13. The van der Waals surface area contributed by atoms with Crippen LogP contribution in [0.25, 0.3) is 5.65 Å². The summed E-state index contributed by atoms with van der Waals surface area (Å²) in [5.74, 6) is -0.271. The Morgan fingerprint density at radius 1 is 1.10 bits per heavy atom. The molecule has 1 aromatic carbocycles. The first kappa shape index (κ1) is 21.0. The molecule has 2 aromatic heterocycles. The smallest absolute Gasteiger partial charge is 0.256 e. The van der Waals surface area contributed by atoms with Gasteiger partial charge in [-0.05, 0) is 64.7 Å². The van der Waals surface area contributed by atoms with Gasteiger partial charge in [-0.15, -0.1) is 0 Å². The summed E-state index contributed by atoms with van der Waals surface area (Å²) < 4.78 is 1.88. The summed E-state index contributed by atoms with van der Waals surface area (Å²) in [4.78, 5) is 31.9. The molecular formula is C24H29N5O2. The highest BCUT2D eigenvalue weighted by molar-refractivity contribution is 6.03. The fourth-order valence-corrected chi connectivity index (χ4v) is 4.33. The number of benzene rings is 1. The van der Waals surface area contributed by atoms with E-state index in [1.54, 1.807) is 6.07 Å². The number of fused-ring (bicyclic) bond motifs is 1. The zero-order valence-corrected chi connectivity index (χ0v) is 18.8. The van der Waals surface area contributed by atoms with Crippen LogP contribution in [0.5, 0.6) is 0 Å². The summed E-state index contributed by atoms with van der Waals surface area (Å²) in [6, 6.07) is 7.43. The lowest BCUT2D eigenvalue weighted by Gasteiger charge is -2.35. The van der Waals surface area contributed by atoms with Gasteiger partial charge in [0.25, 0.3) is 5.91 Å². The fraction of sp³-hybridized carbons (Fsp3) is 0.417. The number of amides is 2. The van der Waals surface area contributed by atoms with E-state index in [-0.39, 0.29) is 17.9 Å². The summed E-state index contributed by atoms with van der Waals surface area (Å²) in [5, 5.41) is 7.64. The molecule has 1 aliphatic heterocycles. The predicted octanol–water partition coefficient (Wildman–Crippen LogP) is 4.29. The van der Waals surface area contributed by atoms with Crippen molar-refractivity contribution >= 4 is 23.1 Å². The van der Waals surface area contributed by atoms with Crippen molar-refractivity contribution in [2.75, 3.05) is 11.9 Å². The summed E-state index contributed by atoms with van der Waals surface area (Å²) in [6.45, 7) is 10.2. The predicted molar refractivity (Wildman–Crippen MR) is 120 cm³/mol. The number of carbonyl (C=O) groups excluding carboxylic acids is 2. The standard InChI is InChI=1S/C24H29N5O2/c1-14-9-10-20(26-18(5)30)19(12-14)24(31)28-11-7-6-8-22(28)21-13-23-25-16(3)15(2)17(4)29(23)27-21/h9-10,12-13,22H,6-8,11H2,1-5H3,(H,26,30). The van der Waals surface area contributed by atoms with Crippen molar-refractivity contribution in [1.29, 1.82) is 0 Å². The zero-order chi connectivity index (χ0) is 22.3. The Labute approximate surface area is 182 Å². The Bertz CT molecular complexity index is 1180. The number of nitrogens with zero attached hydrogens (tertiary/aromatic N) is 4. The van der Waals surface area contributed by atoms with Crippen molar-refractivity contribution in [3.8, 4) is 0 Å². The molecule has 7 heteroatoms. The van der Waals surface area contributed by atoms with E-state index in [1.807, 2.05) is 48.4 Å². The molecule has 3 aromatic rings. The lowest BCUT2D eigenvalue weighted by Crippen LogP contribution is -2.39. The van der Waals surface area contributed by atoms with E-state index in [4.69, 9.17) is 5.10 Å². The summed E-state index contributed by atoms with van der Waals surface area (Å²) in [6.07, 6.45) is 2.85. The van der Waals surface area contributed by atoms with Gasteiger partial charge in [-0.3, -0.25) is 9.59 Å². The van der Waals surface area contributed by atoms with Crippen molar-refractivity contribution < 1.29 is 9.59 Å². The Balaban J connectivity index is 1.74. The summed E-state index contributed by atoms with van der Waals surface area (Å²) in [7, 11) is 0. The maximum absolute atomic E-state index is 13.7. The second-order valence-electron chi connectivity index (χ2n) is 8.49. The van der Waals surface area contributed by atoms with Gasteiger partial charge >= 0.3 is 0 Å².